The van der Waals surface area contributed by atoms with Crippen molar-refractivity contribution in [2.75, 3.05) is 20.8 Å². The Morgan fingerprint density at radius 2 is 1.69 bits per heavy atom. The minimum atomic E-state index is -0.233. The topological polar surface area (TPSA) is 83.7 Å². The third-order valence-corrected chi connectivity index (χ3v) is 6.13. The van der Waals surface area contributed by atoms with Crippen LogP contribution in [0.1, 0.15) is 22.3 Å². The molecule has 0 atom stereocenters. The lowest BCUT2D eigenvalue weighted by Gasteiger charge is -2.23. The molecule has 0 aliphatic rings. The summed E-state index contributed by atoms with van der Waals surface area (Å²) in [6.45, 7) is 3.02. The summed E-state index contributed by atoms with van der Waals surface area (Å²) in [6, 6.07) is 23.0. The molecule has 0 saturated carbocycles. The van der Waals surface area contributed by atoms with Crippen LogP contribution >= 0.6 is 0 Å². The molecule has 0 radical (unpaired) electrons. The number of carbonyl (C=O) groups is 1. The molecule has 3 aromatic carbocycles. The molecule has 0 spiro atoms. The summed E-state index contributed by atoms with van der Waals surface area (Å²) < 4.78 is 10.7. The summed E-state index contributed by atoms with van der Waals surface area (Å²) in [6.07, 6.45) is 0.587. The van der Waals surface area contributed by atoms with Crippen LogP contribution in [0.15, 0.2) is 77.6 Å². The molecule has 0 saturated heterocycles. The van der Waals surface area contributed by atoms with Crippen LogP contribution in [0.25, 0.3) is 10.9 Å². The Morgan fingerprint density at radius 1 is 0.917 bits per heavy atom. The van der Waals surface area contributed by atoms with Gasteiger partial charge < -0.3 is 24.7 Å². The van der Waals surface area contributed by atoms with Gasteiger partial charge in [0, 0.05) is 24.2 Å². The zero-order valence-corrected chi connectivity index (χ0v) is 20.8. The third-order valence-electron chi connectivity index (χ3n) is 6.13. The standard InChI is InChI=1S/C29H31N3O4/c1-20-9-11-25-23(15-20)17-24(28(33)31-25)19-32(29(34)30-18-22-7-5-4-6-8-22)14-13-21-10-12-26(35-2)27(16-21)36-3/h4-12,15-17H,13-14,18-19H2,1-3H3,(H,30,34)(H,31,33). The van der Waals surface area contributed by atoms with Gasteiger partial charge in [-0.3, -0.25) is 4.79 Å². The number of rotatable bonds is 9. The van der Waals surface area contributed by atoms with Crippen LogP contribution in [0.5, 0.6) is 11.5 Å². The first kappa shape index (κ1) is 24.9. The molecule has 7 nitrogen and oxygen atoms in total. The number of hydrogen-bond acceptors (Lipinski definition) is 4. The summed E-state index contributed by atoms with van der Waals surface area (Å²) in [4.78, 5) is 30.7. The number of aromatic amines is 1. The highest BCUT2D eigenvalue weighted by atomic mass is 16.5. The van der Waals surface area contributed by atoms with Gasteiger partial charge in [-0.05, 0) is 60.2 Å². The smallest absolute Gasteiger partial charge is 0.317 e. The van der Waals surface area contributed by atoms with E-state index in [4.69, 9.17) is 9.47 Å². The van der Waals surface area contributed by atoms with E-state index >= 15 is 0 Å². The lowest BCUT2D eigenvalue weighted by Crippen LogP contribution is -2.41. The zero-order valence-electron chi connectivity index (χ0n) is 20.8. The number of nitrogens with zero attached hydrogens (tertiary/aromatic N) is 1. The fourth-order valence-electron chi connectivity index (χ4n) is 4.13. The van der Waals surface area contributed by atoms with Crippen molar-refractivity contribution in [3.8, 4) is 11.5 Å². The first-order valence-electron chi connectivity index (χ1n) is 11.9. The number of ether oxygens (including phenoxy) is 2. The Bertz CT molecular complexity index is 1400. The van der Waals surface area contributed by atoms with E-state index in [-0.39, 0.29) is 18.1 Å². The largest absolute Gasteiger partial charge is 0.493 e. The van der Waals surface area contributed by atoms with Gasteiger partial charge in [0.15, 0.2) is 11.5 Å². The van der Waals surface area contributed by atoms with E-state index in [1.807, 2.05) is 79.7 Å². The van der Waals surface area contributed by atoms with E-state index < -0.39 is 0 Å². The highest BCUT2D eigenvalue weighted by Gasteiger charge is 2.17. The quantitative estimate of drug-likeness (QED) is 0.356. The second kappa shape index (κ2) is 11.4. The molecule has 0 aliphatic heterocycles. The Balaban J connectivity index is 1.56. The molecular weight excluding hydrogens is 454 g/mol. The number of carbonyl (C=O) groups excluding carboxylic acids is 1. The lowest BCUT2D eigenvalue weighted by molar-refractivity contribution is 0.195. The van der Waals surface area contributed by atoms with E-state index in [0.29, 0.717) is 36.6 Å². The van der Waals surface area contributed by atoms with Crippen molar-refractivity contribution in [1.29, 1.82) is 0 Å². The molecule has 0 unspecified atom stereocenters. The second-order valence-corrected chi connectivity index (χ2v) is 8.72. The van der Waals surface area contributed by atoms with Crippen molar-refractivity contribution in [3.63, 3.8) is 0 Å². The van der Waals surface area contributed by atoms with Crippen molar-refractivity contribution >= 4 is 16.9 Å². The van der Waals surface area contributed by atoms with Gasteiger partial charge in [0.25, 0.3) is 5.56 Å². The zero-order chi connectivity index (χ0) is 25.5. The van der Waals surface area contributed by atoms with Crippen LogP contribution < -0.4 is 20.3 Å². The number of aromatic nitrogens is 1. The van der Waals surface area contributed by atoms with Gasteiger partial charge in [0.1, 0.15) is 0 Å². The average molecular weight is 486 g/mol. The molecule has 36 heavy (non-hydrogen) atoms. The van der Waals surface area contributed by atoms with Crippen molar-refractivity contribution in [2.24, 2.45) is 0 Å². The molecule has 0 fully saturated rings. The van der Waals surface area contributed by atoms with Gasteiger partial charge in [-0.25, -0.2) is 4.79 Å². The van der Waals surface area contributed by atoms with Gasteiger partial charge in [-0.2, -0.15) is 0 Å². The van der Waals surface area contributed by atoms with E-state index in [0.717, 1.165) is 27.6 Å². The maximum atomic E-state index is 13.3. The fourth-order valence-corrected chi connectivity index (χ4v) is 4.13. The monoisotopic (exact) mass is 485 g/mol. The number of fused-ring (bicyclic) bond motifs is 1. The van der Waals surface area contributed by atoms with E-state index in [2.05, 4.69) is 10.3 Å². The first-order chi connectivity index (χ1) is 17.5. The number of H-pyrrole nitrogens is 1. The number of hydrogen-bond donors (Lipinski definition) is 2. The number of urea groups is 1. The second-order valence-electron chi connectivity index (χ2n) is 8.72. The summed E-state index contributed by atoms with van der Waals surface area (Å²) >= 11 is 0. The van der Waals surface area contributed by atoms with E-state index in [1.165, 1.54) is 0 Å². The van der Waals surface area contributed by atoms with Crippen molar-refractivity contribution < 1.29 is 14.3 Å². The number of methoxy groups -OCH3 is 2. The minimum absolute atomic E-state index is 0.188. The lowest BCUT2D eigenvalue weighted by atomic mass is 10.1. The van der Waals surface area contributed by atoms with Gasteiger partial charge in [-0.1, -0.05) is 48.0 Å². The molecule has 0 aliphatic carbocycles. The fraction of sp³-hybridized carbons (Fsp3) is 0.241. The van der Waals surface area contributed by atoms with Crippen LogP contribution in [-0.2, 0) is 19.5 Å². The highest BCUT2D eigenvalue weighted by Crippen LogP contribution is 2.27. The predicted molar refractivity (Wildman–Crippen MR) is 142 cm³/mol. The van der Waals surface area contributed by atoms with E-state index in [9.17, 15) is 9.59 Å². The summed E-state index contributed by atoms with van der Waals surface area (Å²) in [5.74, 6) is 1.29. The summed E-state index contributed by atoms with van der Waals surface area (Å²) in [5.41, 5.74) is 4.22. The molecule has 4 rings (SSSR count). The van der Waals surface area contributed by atoms with Gasteiger partial charge in [-0.15, -0.1) is 0 Å². The molecule has 186 valence electrons. The molecule has 0 bridgehead atoms. The van der Waals surface area contributed by atoms with Crippen LogP contribution in [0.3, 0.4) is 0 Å². The molecule has 4 aromatic rings. The minimum Gasteiger partial charge on any atom is -0.493 e. The maximum Gasteiger partial charge on any atom is 0.317 e. The van der Waals surface area contributed by atoms with Crippen molar-refractivity contribution in [2.45, 2.75) is 26.4 Å². The Morgan fingerprint density at radius 3 is 2.44 bits per heavy atom. The third kappa shape index (κ3) is 6.05. The molecular formula is C29H31N3O4. The highest BCUT2D eigenvalue weighted by molar-refractivity contribution is 5.80. The number of nitrogens with one attached hydrogen (secondary N) is 2. The molecule has 2 N–H and O–H groups in total. The summed E-state index contributed by atoms with van der Waals surface area (Å²) in [7, 11) is 3.19. The number of amides is 2. The normalized spacial score (nSPS) is 10.8. The van der Waals surface area contributed by atoms with E-state index in [1.54, 1.807) is 19.1 Å². The van der Waals surface area contributed by atoms with Crippen LogP contribution in [0, 0.1) is 6.92 Å². The predicted octanol–water partition coefficient (Wildman–Crippen LogP) is 4.81. The molecule has 7 heteroatoms. The number of pyridine rings is 1. The van der Waals surface area contributed by atoms with Crippen LogP contribution in [-0.4, -0.2) is 36.7 Å². The molecule has 1 aromatic heterocycles. The van der Waals surface area contributed by atoms with Crippen molar-refractivity contribution in [1.82, 2.24) is 15.2 Å². The van der Waals surface area contributed by atoms with Crippen LogP contribution in [0.4, 0.5) is 4.79 Å². The Kier molecular flexibility index (Phi) is 7.90. The van der Waals surface area contributed by atoms with Gasteiger partial charge >= 0.3 is 6.03 Å². The van der Waals surface area contributed by atoms with Crippen molar-refractivity contribution in [3.05, 3.63) is 105 Å². The number of aryl methyl sites for hydroxylation is 1. The van der Waals surface area contributed by atoms with Gasteiger partial charge in [0.05, 0.1) is 20.8 Å². The maximum absolute atomic E-state index is 13.3. The summed E-state index contributed by atoms with van der Waals surface area (Å²) in [5, 5.41) is 3.93. The Labute approximate surface area is 210 Å². The SMILES string of the molecule is COc1ccc(CCN(Cc2cc3cc(C)ccc3[nH]c2=O)C(=O)NCc2ccccc2)cc1OC. The average Bonchev–Trinajstić information content (AvgIpc) is 2.90. The molecule has 2 amide bonds. The molecule has 1 heterocycles. The van der Waals surface area contributed by atoms with Gasteiger partial charge in [0.2, 0.25) is 0 Å². The van der Waals surface area contributed by atoms with Crippen LogP contribution in [0.2, 0.25) is 0 Å². The first-order valence-corrected chi connectivity index (χ1v) is 11.9. The Hall–Kier alpha value is -4.26. The number of benzene rings is 3.